The molecule has 0 spiro atoms. The number of aromatic nitrogens is 3. The predicted molar refractivity (Wildman–Crippen MR) is 84.9 cm³/mol. The van der Waals surface area contributed by atoms with E-state index in [1.807, 2.05) is 42.5 Å². The molecule has 4 aromatic rings. The number of nitrogen functional groups attached to an aromatic ring is 2. The Morgan fingerprint density at radius 1 is 0.955 bits per heavy atom. The van der Waals surface area contributed by atoms with Crippen molar-refractivity contribution in [2.45, 2.75) is 0 Å². The third kappa shape index (κ3) is 1.98. The van der Waals surface area contributed by atoms with Gasteiger partial charge in [0.2, 0.25) is 5.82 Å². The molecule has 0 aliphatic carbocycles. The smallest absolute Gasteiger partial charge is 0.217 e. The van der Waals surface area contributed by atoms with E-state index >= 15 is 0 Å². The van der Waals surface area contributed by atoms with Crippen LogP contribution in [0.15, 0.2) is 59.2 Å². The molecular formula is C16H13N5O. The first-order valence-electron chi connectivity index (χ1n) is 6.77. The number of nitrogens with two attached hydrogens (primary N) is 2. The van der Waals surface area contributed by atoms with Crippen molar-refractivity contribution in [3.63, 3.8) is 0 Å². The molecule has 4 rings (SSSR count). The molecule has 0 radical (unpaired) electrons. The summed E-state index contributed by atoms with van der Waals surface area (Å²) >= 11 is 0. The zero-order chi connectivity index (χ0) is 15.1. The molecule has 6 nitrogen and oxygen atoms in total. The van der Waals surface area contributed by atoms with Crippen molar-refractivity contribution in [2.24, 2.45) is 0 Å². The fourth-order valence-electron chi connectivity index (χ4n) is 2.40. The van der Waals surface area contributed by atoms with E-state index in [4.69, 9.17) is 15.9 Å². The molecule has 0 amide bonds. The summed E-state index contributed by atoms with van der Waals surface area (Å²) < 4.78 is 6.91. The molecule has 3 heterocycles. The average molecular weight is 291 g/mol. The SMILES string of the molecule is Nc1cccc(-c2cc(N)n3nc(-c4ccco4)nc3c2)c1. The van der Waals surface area contributed by atoms with E-state index in [-0.39, 0.29) is 0 Å². The van der Waals surface area contributed by atoms with Crippen molar-refractivity contribution >= 4 is 17.2 Å². The molecule has 3 aromatic heterocycles. The summed E-state index contributed by atoms with van der Waals surface area (Å²) in [6, 6.07) is 15.0. The molecule has 0 bridgehead atoms. The lowest BCUT2D eigenvalue weighted by Crippen LogP contribution is -1.99. The highest BCUT2D eigenvalue weighted by molar-refractivity contribution is 5.73. The number of pyridine rings is 1. The van der Waals surface area contributed by atoms with Crippen LogP contribution in [-0.4, -0.2) is 14.6 Å². The lowest BCUT2D eigenvalue weighted by Gasteiger charge is -2.05. The van der Waals surface area contributed by atoms with Crippen LogP contribution < -0.4 is 11.5 Å². The van der Waals surface area contributed by atoms with Gasteiger partial charge in [0, 0.05) is 5.69 Å². The Bertz CT molecular complexity index is 956. The summed E-state index contributed by atoms with van der Waals surface area (Å²) in [6.45, 7) is 0. The first-order valence-corrected chi connectivity index (χ1v) is 6.77. The average Bonchev–Trinajstić information content (AvgIpc) is 3.16. The Morgan fingerprint density at radius 3 is 2.64 bits per heavy atom. The lowest BCUT2D eigenvalue weighted by atomic mass is 10.1. The second kappa shape index (κ2) is 4.63. The Labute approximate surface area is 126 Å². The Kier molecular flexibility index (Phi) is 2.62. The number of benzene rings is 1. The number of nitrogens with zero attached hydrogens (tertiary/aromatic N) is 3. The van der Waals surface area contributed by atoms with Crippen molar-refractivity contribution in [3.8, 4) is 22.7 Å². The van der Waals surface area contributed by atoms with Gasteiger partial charge in [-0.25, -0.2) is 4.98 Å². The van der Waals surface area contributed by atoms with Crippen LogP contribution in [0.25, 0.3) is 28.4 Å². The highest BCUT2D eigenvalue weighted by Gasteiger charge is 2.12. The van der Waals surface area contributed by atoms with Crippen LogP contribution in [0.5, 0.6) is 0 Å². The van der Waals surface area contributed by atoms with Gasteiger partial charge in [0.15, 0.2) is 11.4 Å². The van der Waals surface area contributed by atoms with Gasteiger partial charge < -0.3 is 15.9 Å². The maximum Gasteiger partial charge on any atom is 0.217 e. The topological polar surface area (TPSA) is 95.4 Å². The minimum absolute atomic E-state index is 0.500. The van der Waals surface area contributed by atoms with Crippen LogP contribution in [0.2, 0.25) is 0 Å². The van der Waals surface area contributed by atoms with Gasteiger partial charge >= 0.3 is 0 Å². The first kappa shape index (κ1) is 12.5. The monoisotopic (exact) mass is 291 g/mol. The van der Waals surface area contributed by atoms with Crippen molar-refractivity contribution in [3.05, 3.63) is 54.8 Å². The van der Waals surface area contributed by atoms with Crippen LogP contribution in [0.1, 0.15) is 0 Å². The van der Waals surface area contributed by atoms with Crippen LogP contribution in [0.4, 0.5) is 11.5 Å². The third-order valence-corrected chi connectivity index (χ3v) is 3.43. The fraction of sp³-hybridized carbons (Fsp3) is 0. The standard InChI is InChI=1S/C16H13N5O/c17-12-4-1-3-10(7-12)11-8-14(18)21-15(9-11)19-16(20-21)13-5-2-6-22-13/h1-9H,17-18H2. The number of anilines is 2. The normalized spacial score (nSPS) is 11.1. The zero-order valence-corrected chi connectivity index (χ0v) is 11.6. The van der Waals surface area contributed by atoms with Crippen LogP contribution in [0, 0.1) is 0 Å². The molecule has 22 heavy (non-hydrogen) atoms. The molecule has 6 heteroatoms. The molecular weight excluding hydrogens is 278 g/mol. The van der Waals surface area contributed by atoms with Gasteiger partial charge in [-0.1, -0.05) is 12.1 Å². The highest BCUT2D eigenvalue weighted by Crippen LogP contribution is 2.26. The Morgan fingerprint density at radius 2 is 1.86 bits per heavy atom. The van der Waals surface area contributed by atoms with Crippen molar-refractivity contribution in [1.29, 1.82) is 0 Å². The summed E-state index contributed by atoms with van der Waals surface area (Å²) in [5.74, 6) is 1.61. The van der Waals surface area contributed by atoms with Gasteiger partial charge in [-0.3, -0.25) is 0 Å². The van der Waals surface area contributed by atoms with Gasteiger partial charge in [0.1, 0.15) is 5.82 Å². The van der Waals surface area contributed by atoms with Crippen LogP contribution >= 0.6 is 0 Å². The molecule has 4 N–H and O–H groups in total. The van der Waals surface area contributed by atoms with E-state index in [1.54, 1.807) is 16.8 Å². The van der Waals surface area contributed by atoms with Crippen LogP contribution in [0.3, 0.4) is 0 Å². The summed E-state index contributed by atoms with van der Waals surface area (Å²) in [7, 11) is 0. The van der Waals surface area contributed by atoms with Gasteiger partial charge in [-0.15, -0.1) is 5.10 Å². The third-order valence-electron chi connectivity index (χ3n) is 3.43. The van der Waals surface area contributed by atoms with Crippen molar-refractivity contribution < 1.29 is 4.42 Å². The second-order valence-electron chi connectivity index (χ2n) is 4.98. The summed E-state index contributed by atoms with van der Waals surface area (Å²) in [6.07, 6.45) is 1.59. The van der Waals surface area contributed by atoms with Crippen LogP contribution in [-0.2, 0) is 0 Å². The minimum atomic E-state index is 0.500. The van der Waals surface area contributed by atoms with Crippen molar-refractivity contribution in [2.75, 3.05) is 11.5 Å². The molecule has 0 saturated carbocycles. The van der Waals surface area contributed by atoms with Gasteiger partial charge in [-0.2, -0.15) is 4.52 Å². The van der Waals surface area contributed by atoms with E-state index in [0.717, 1.165) is 11.1 Å². The van der Waals surface area contributed by atoms with E-state index in [2.05, 4.69) is 10.1 Å². The maximum atomic E-state index is 6.10. The summed E-state index contributed by atoms with van der Waals surface area (Å²) in [5, 5.41) is 4.37. The maximum absolute atomic E-state index is 6.10. The van der Waals surface area contributed by atoms with E-state index in [1.165, 1.54) is 0 Å². The largest absolute Gasteiger partial charge is 0.461 e. The second-order valence-corrected chi connectivity index (χ2v) is 4.98. The molecule has 0 atom stereocenters. The van der Waals surface area contributed by atoms with Gasteiger partial charge in [-0.05, 0) is 47.5 Å². The summed E-state index contributed by atoms with van der Waals surface area (Å²) in [5.41, 5.74) is 15.2. The Balaban J connectivity index is 1.89. The molecule has 0 saturated heterocycles. The van der Waals surface area contributed by atoms with Gasteiger partial charge in [0.25, 0.3) is 0 Å². The number of furan rings is 1. The number of hydrogen-bond acceptors (Lipinski definition) is 5. The molecule has 0 fully saturated rings. The Hall–Kier alpha value is -3.28. The van der Waals surface area contributed by atoms with E-state index < -0.39 is 0 Å². The van der Waals surface area contributed by atoms with Crippen molar-refractivity contribution in [1.82, 2.24) is 14.6 Å². The number of fused-ring (bicyclic) bond motifs is 1. The molecule has 108 valence electrons. The van der Waals surface area contributed by atoms with Gasteiger partial charge in [0.05, 0.1) is 6.26 Å². The minimum Gasteiger partial charge on any atom is -0.461 e. The molecule has 0 unspecified atom stereocenters. The number of rotatable bonds is 2. The predicted octanol–water partition coefficient (Wildman–Crippen LogP) is 2.82. The number of hydrogen-bond donors (Lipinski definition) is 2. The van der Waals surface area contributed by atoms with E-state index in [0.29, 0.717) is 28.7 Å². The fourth-order valence-corrected chi connectivity index (χ4v) is 2.40. The van der Waals surface area contributed by atoms with E-state index in [9.17, 15) is 0 Å². The lowest BCUT2D eigenvalue weighted by molar-refractivity contribution is 0.577. The summed E-state index contributed by atoms with van der Waals surface area (Å²) in [4.78, 5) is 4.47. The molecule has 0 aliphatic heterocycles. The first-order chi connectivity index (χ1) is 10.7. The quantitative estimate of drug-likeness (QED) is 0.554. The zero-order valence-electron chi connectivity index (χ0n) is 11.6. The molecule has 0 aliphatic rings. The highest BCUT2D eigenvalue weighted by atomic mass is 16.3. The molecule has 1 aromatic carbocycles.